The molecule has 4 atom stereocenters. The van der Waals surface area contributed by atoms with Gasteiger partial charge in [-0.2, -0.15) is 0 Å². The third kappa shape index (κ3) is 9.79. The molecule has 4 rings (SSSR count). The Labute approximate surface area is 295 Å². The van der Waals surface area contributed by atoms with E-state index in [-0.39, 0.29) is 70.4 Å². The van der Waals surface area contributed by atoms with E-state index in [1.165, 1.54) is 11.5 Å². The number of halogens is 2. The van der Waals surface area contributed by atoms with Crippen LogP contribution in [0.5, 0.6) is 0 Å². The number of rotatable bonds is 16. The van der Waals surface area contributed by atoms with Crippen molar-refractivity contribution in [1.29, 1.82) is 0 Å². The Morgan fingerprint density at radius 3 is 2.74 bits per heavy atom. The van der Waals surface area contributed by atoms with Gasteiger partial charge >= 0.3 is 5.97 Å². The van der Waals surface area contributed by atoms with Crippen molar-refractivity contribution in [2.24, 2.45) is 5.16 Å². The molecule has 0 radical (unpaired) electrons. The van der Waals surface area contributed by atoms with Gasteiger partial charge in [0.15, 0.2) is 41.2 Å². The number of nitrogens with one attached hydrogen (secondary N) is 2. The average molecular weight is 747 g/mol. The molecule has 19 heteroatoms. The molecule has 1 saturated heterocycles. The normalized spacial score (nSPS) is 19.6. The van der Waals surface area contributed by atoms with Crippen molar-refractivity contribution in [2.45, 2.75) is 29.6 Å². The maximum Gasteiger partial charge on any atom is 0.353 e. The number of hydrogen-bond donors (Lipinski definition) is 3. The van der Waals surface area contributed by atoms with E-state index in [0.29, 0.717) is 12.8 Å². The summed E-state index contributed by atoms with van der Waals surface area (Å²) in [5.41, 5.74) is -0.232. The topological polar surface area (TPSA) is 180 Å². The van der Waals surface area contributed by atoms with Crippen molar-refractivity contribution in [3.63, 3.8) is 0 Å². The number of hydrogen-bond acceptors (Lipinski definition) is 11. The van der Waals surface area contributed by atoms with Crippen LogP contribution in [0.3, 0.4) is 0 Å². The lowest BCUT2D eigenvalue weighted by Crippen LogP contribution is -3.00. The van der Waals surface area contributed by atoms with E-state index < -0.39 is 40.4 Å². The third-order valence-corrected chi connectivity index (χ3v) is 10.3. The minimum absolute atomic E-state index is 0. The number of carbonyl (C=O) groups excluding carboxylic acids is 3. The molecule has 3 unspecified atom stereocenters. The van der Waals surface area contributed by atoms with Gasteiger partial charge in [-0.3, -0.25) is 24.2 Å². The molecule has 0 aliphatic carbocycles. The zero-order chi connectivity index (χ0) is 32.5. The van der Waals surface area contributed by atoms with Crippen LogP contribution in [0.1, 0.15) is 18.5 Å². The van der Waals surface area contributed by atoms with Gasteiger partial charge in [-0.25, -0.2) is 9.78 Å². The summed E-state index contributed by atoms with van der Waals surface area (Å²) in [4.78, 5) is 61.7. The van der Waals surface area contributed by atoms with Crippen molar-refractivity contribution in [3.05, 3.63) is 77.7 Å². The molecule has 2 aliphatic heterocycles. The molecule has 0 spiro atoms. The van der Waals surface area contributed by atoms with Gasteiger partial charge in [-0.05, 0) is 38.1 Å². The summed E-state index contributed by atoms with van der Waals surface area (Å²) in [6, 6.07) is 4.57. The van der Waals surface area contributed by atoms with Crippen LogP contribution in [0.2, 0.25) is 0 Å². The van der Waals surface area contributed by atoms with Crippen LogP contribution in [-0.4, -0.2) is 97.6 Å². The lowest BCUT2D eigenvalue weighted by atomic mass is 10.0. The summed E-state index contributed by atoms with van der Waals surface area (Å²) in [5.74, 6) is -3.03. The molecule has 2 aromatic rings. The van der Waals surface area contributed by atoms with E-state index in [1.807, 2.05) is 54.7 Å². The fourth-order valence-corrected chi connectivity index (χ4v) is 7.75. The van der Waals surface area contributed by atoms with E-state index >= 15 is 0 Å². The average Bonchev–Trinajstić information content (AvgIpc) is 3.47. The van der Waals surface area contributed by atoms with Crippen LogP contribution in [0.25, 0.3) is 0 Å². The number of thiazole rings is 1. The summed E-state index contributed by atoms with van der Waals surface area (Å²) in [5, 5.41) is 19.4. The van der Waals surface area contributed by atoms with Crippen LogP contribution < -0.4 is 27.0 Å². The van der Waals surface area contributed by atoms with Gasteiger partial charge in [0.25, 0.3) is 11.8 Å². The van der Waals surface area contributed by atoms with E-state index in [0.717, 1.165) is 22.7 Å². The number of nitrogens with zero attached hydrogens (tertiary/aromatic N) is 5. The van der Waals surface area contributed by atoms with Crippen molar-refractivity contribution in [2.75, 3.05) is 31.8 Å². The first kappa shape index (κ1) is 39.7. The SMILES string of the molecule is C=CCON=C(C(=O)NC1C(=O)N2C(C(=O)O)=C(C=CCCC(S[n+]3ccccc3)N(C)C)C[S+]([O-])[C@@H]12)c1csc(NC=O)n1.Cl.[Cl-]. The van der Waals surface area contributed by atoms with Crippen LogP contribution in [-0.2, 0) is 35.2 Å². The van der Waals surface area contributed by atoms with E-state index in [9.17, 15) is 28.8 Å². The summed E-state index contributed by atoms with van der Waals surface area (Å²) in [7, 11) is 3.96. The van der Waals surface area contributed by atoms with Gasteiger partial charge in [0.05, 0.1) is 0 Å². The number of carbonyl (C=O) groups is 4. The Bertz CT molecular complexity index is 1520. The molecule has 0 bridgehead atoms. The van der Waals surface area contributed by atoms with Gasteiger partial charge in [0, 0.05) is 23.1 Å². The first-order chi connectivity index (χ1) is 21.7. The molecule has 0 aromatic carbocycles. The van der Waals surface area contributed by atoms with E-state index in [1.54, 1.807) is 18.0 Å². The third-order valence-electron chi connectivity index (χ3n) is 6.54. The van der Waals surface area contributed by atoms with Crippen molar-refractivity contribution in [1.82, 2.24) is 20.1 Å². The standard InChI is InChI=1S/C28H31N7O7S3.2ClH/c1-4-14-42-32-21(19-15-43-28(30-19)29-17-36)24(37)31-22-25(38)35-23(27(39)40)18(16-45(41)26(22)35)10-6-7-11-20(33(2)3)44-34-12-8-5-9-13-34;;/h4-6,8-10,12-13,15,17,20,22,26H,1,7,11,14,16H2,2-3H3,(H2-,29,30,31,36,37,39,40);2*1H/t20?,22?,26-,45?;;/m0../s1. The summed E-state index contributed by atoms with van der Waals surface area (Å²) in [6.07, 6.45) is 10.5. The minimum Gasteiger partial charge on any atom is -1.00 e. The number of allylic oxidation sites excluding steroid dienone is 2. The van der Waals surface area contributed by atoms with Gasteiger partial charge in [-0.15, -0.1) is 27.7 Å². The minimum atomic E-state index is -1.72. The smallest absolute Gasteiger partial charge is 0.353 e. The number of pyridine rings is 1. The number of carboxylic acids is 1. The number of aliphatic carboxylic acids is 1. The molecule has 2 aliphatic rings. The molecule has 254 valence electrons. The molecule has 47 heavy (non-hydrogen) atoms. The van der Waals surface area contributed by atoms with Gasteiger partial charge in [-0.1, -0.05) is 36.0 Å². The molecule has 3 amide bonds. The molecule has 3 N–H and O–H groups in total. The van der Waals surface area contributed by atoms with Crippen LogP contribution >= 0.6 is 35.7 Å². The molecule has 1 fully saturated rings. The first-order valence-corrected chi connectivity index (χ1v) is 16.7. The predicted octanol–water partition coefficient (Wildman–Crippen LogP) is -1.49. The number of anilines is 1. The summed E-state index contributed by atoms with van der Waals surface area (Å²) in [6.45, 7) is 3.50. The lowest BCUT2D eigenvalue weighted by Gasteiger charge is -2.48. The largest absolute Gasteiger partial charge is 1.00 e. The number of carboxylic acid groups (broad SMARTS) is 1. The number of aromatic nitrogens is 2. The second-order valence-electron chi connectivity index (χ2n) is 9.82. The fraction of sp³-hybridized carbons (Fsp3) is 0.321. The number of oxime groups is 1. The van der Waals surface area contributed by atoms with Crippen LogP contribution in [0.15, 0.2) is 77.2 Å². The highest BCUT2D eigenvalue weighted by Crippen LogP contribution is 2.37. The second-order valence-corrected chi connectivity index (χ2v) is 13.4. The Kier molecular flexibility index (Phi) is 15.9. The molecular formula is C28H33Cl2N7O7S3. The van der Waals surface area contributed by atoms with Gasteiger partial charge in [0.1, 0.15) is 29.1 Å². The quantitative estimate of drug-likeness (QED) is 0.0211. The van der Waals surface area contributed by atoms with E-state index in [2.05, 4.69) is 32.3 Å². The van der Waals surface area contributed by atoms with Gasteiger partial charge in [0.2, 0.25) is 11.8 Å². The zero-order valence-corrected chi connectivity index (χ0v) is 29.2. The predicted molar refractivity (Wildman–Crippen MR) is 177 cm³/mol. The van der Waals surface area contributed by atoms with Crippen LogP contribution in [0, 0.1) is 0 Å². The van der Waals surface area contributed by atoms with Gasteiger partial charge < -0.3 is 37.5 Å². The lowest BCUT2D eigenvalue weighted by molar-refractivity contribution is -0.495. The van der Waals surface area contributed by atoms with Crippen molar-refractivity contribution in [3.8, 4) is 0 Å². The summed E-state index contributed by atoms with van der Waals surface area (Å²) >= 11 is 0.955. The molecule has 0 saturated carbocycles. The van der Waals surface area contributed by atoms with Crippen molar-refractivity contribution < 1.29 is 50.1 Å². The Hall–Kier alpha value is -3.45. The second kappa shape index (κ2) is 18.8. The number of amides is 3. The zero-order valence-electron chi connectivity index (χ0n) is 25.2. The number of fused-ring (bicyclic) bond motifs is 1. The summed E-state index contributed by atoms with van der Waals surface area (Å²) < 4.78 is 15.3. The Morgan fingerprint density at radius 2 is 2.11 bits per heavy atom. The molecular weight excluding hydrogens is 713 g/mol. The Morgan fingerprint density at radius 1 is 1.38 bits per heavy atom. The van der Waals surface area contributed by atoms with Crippen molar-refractivity contribution >= 4 is 81.9 Å². The highest BCUT2D eigenvalue weighted by molar-refractivity contribution is 7.93. The highest BCUT2D eigenvalue weighted by Gasteiger charge is 2.61. The highest BCUT2D eigenvalue weighted by atomic mass is 35.5. The first-order valence-electron chi connectivity index (χ1n) is 13.6. The Balaban J connectivity index is 0.00000384. The monoisotopic (exact) mass is 745 g/mol. The maximum absolute atomic E-state index is 13.3. The molecule has 2 aromatic heterocycles. The number of β-lactam (4-membered cyclic amide) rings is 1. The van der Waals surface area contributed by atoms with E-state index in [4.69, 9.17) is 4.84 Å². The molecule has 4 heterocycles. The molecule has 14 nitrogen and oxygen atoms in total. The van der Waals surface area contributed by atoms with Crippen LogP contribution in [0.4, 0.5) is 5.13 Å². The maximum atomic E-state index is 13.3. The fourth-order valence-electron chi connectivity index (χ4n) is 4.46.